The number of hydrogen-bond donors (Lipinski definition) is 3. The first kappa shape index (κ1) is 20.5. The number of piperidine rings is 1. The Balaban J connectivity index is 1.58. The summed E-state index contributed by atoms with van der Waals surface area (Å²) in [6.07, 6.45) is 5.66. The molecule has 1 aliphatic heterocycles. The standard InChI is InChI=1S/C20H31N5O3/c1-12(2)7-18(27)25-5-3-13(4-6-25)8-17-22-11-16(19(21)28)20(24-17)23-14-9-15(26)10-14/h11-15,26H,3-10H2,1-2H3,(H2,21,28)(H,22,23,24). The van der Waals surface area contributed by atoms with Crippen molar-refractivity contribution in [3.8, 4) is 0 Å². The minimum absolute atomic E-state index is 0.103. The maximum atomic E-state index is 12.2. The van der Waals surface area contributed by atoms with Crippen molar-refractivity contribution < 1.29 is 14.7 Å². The van der Waals surface area contributed by atoms with E-state index in [1.165, 1.54) is 6.20 Å². The molecule has 2 heterocycles. The molecule has 0 spiro atoms. The van der Waals surface area contributed by atoms with E-state index >= 15 is 0 Å². The van der Waals surface area contributed by atoms with E-state index in [1.807, 2.05) is 4.90 Å². The van der Waals surface area contributed by atoms with Gasteiger partial charge >= 0.3 is 0 Å². The topological polar surface area (TPSA) is 121 Å². The third-order valence-electron chi connectivity index (χ3n) is 5.58. The first-order valence-corrected chi connectivity index (χ1v) is 10.2. The zero-order valence-corrected chi connectivity index (χ0v) is 16.7. The van der Waals surface area contributed by atoms with Gasteiger partial charge in [-0.15, -0.1) is 0 Å². The van der Waals surface area contributed by atoms with Crippen LogP contribution in [0.1, 0.15) is 62.1 Å². The van der Waals surface area contributed by atoms with Crippen molar-refractivity contribution in [2.45, 2.75) is 64.5 Å². The van der Waals surface area contributed by atoms with Crippen LogP contribution in [-0.2, 0) is 11.2 Å². The fraction of sp³-hybridized carbons (Fsp3) is 0.700. The third kappa shape index (κ3) is 5.19. The summed E-state index contributed by atoms with van der Waals surface area (Å²) in [7, 11) is 0. The average molecular weight is 390 g/mol. The zero-order chi connectivity index (χ0) is 20.3. The van der Waals surface area contributed by atoms with E-state index in [9.17, 15) is 14.7 Å². The number of likely N-dealkylation sites (tertiary alicyclic amines) is 1. The Morgan fingerprint density at radius 2 is 2.00 bits per heavy atom. The number of aliphatic hydroxyl groups is 1. The van der Waals surface area contributed by atoms with Gasteiger partial charge in [-0.1, -0.05) is 13.8 Å². The van der Waals surface area contributed by atoms with E-state index in [4.69, 9.17) is 5.73 Å². The minimum atomic E-state index is -0.564. The molecule has 1 saturated heterocycles. The summed E-state index contributed by atoms with van der Waals surface area (Å²) in [6, 6.07) is 0.103. The number of aliphatic hydroxyl groups excluding tert-OH is 1. The molecular formula is C20H31N5O3. The number of primary amides is 1. The van der Waals surface area contributed by atoms with Crippen LogP contribution in [0.5, 0.6) is 0 Å². The number of carbonyl (C=O) groups excluding carboxylic acids is 2. The van der Waals surface area contributed by atoms with E-state index in [0.717, 1.165) is 25.9 Å². The molecule has 0 aromatic carbocycles. The molecule has 0 bridgehead atoms. The molecule has 1 aromatic rings. The Morgan fingerprint density at radius 1 is 1.32 bits per heavy atom. The smallest absolute Gasteiger partial charge is 0.254 e. The van der Waals surface area contributed by atoms with Crippen LogP contribution in [0, 0.1) is 11.8 Å². The fourth-order valence-corrected chi connectivity index (χ4v) is 3.83. The average Bonchev–Trinajstić information content (AvgIpc) is 2.60. The van der Waals surface area contributed by atoms with Crippen LogP contribution >= 0.6 is 0 Å². The number of nitrogens with one attached hydrogen (secondary N) is 1. The lowest BCUT2D eigenvalue weighted by Gasteiger charge is -2.33. The van der Waals surface area contributed by atoms with Gasteiger partial charge in [0.25, 0.3) is 5.91 Å². The molecule has 4 N–H and O–H groups in total. The van der Waals surface area contributed by atoms with E-state index in [1.54, 1.807) is 0 Å². The Kier molecular flexibility index (Phi) is 6.49. The second-order valence-electron chi connectivity index (χ2n) is 8.51. The van der Waals surface area contributed by atoms with Crippen molar-refractivity contribution in [1.82, 2.24) is 14.9 Å². The molecule has 8 nitrogen and oxygen atoms in total. The lowest BCUT2D eigenvalue weighted by atomic mass is 9.89. The van der Waals surface area contributed by atoms with E-state index < -0.39 is 5.91 Å². The van der Waals surface area contributed by atoms with Crippen molar-refractivity contribution in [3.63, 3.8) is 0 Å². The van der Waals surface area contributed by atoms with Gasteiger partial charge in [-0.2, -0.15) is 0 Å². The van der Waals surface area contributed by atoms with Gasteiger partial charge in [-0.05, 0) is 37.5 Å². The maximum Gasteiger partial charge on any atom is 0.254 e. The van der Waals surface area contributed by atoms with Crippen LogP contribution in [-0.4, -0.2) is 57.0 Å². The van der Waals surface area contributed by atoms with Gasteiger partial charge in [0.15, 0.2) is 0 Å². The minimum Gasteiger partial charge on any atom is -0.393 e. The number of anilines is 1. The Labute approximate surface area is 165 Å². The van der Waals surface area contributed by atoms with Crippen LogP contribution in [0.15, 0.2) is 6.20 Å². The van der Waals surface area contributed by atoms with Crippen LogP contribution < -0.4 is 11.1 Å². The second kappa shape index (κ2) is 8.86. The number of nitrogens with two attached hydrogens (primary N) is 1. The first-order chi connectivity index (χ1) is 13.3. The van der Waals surface area contributed by atoms with Crippen LogP contribution in [0.4, 0.5) is 5.82 Å². The van der Waals surface area contributed by atoms with Gasteiger partial charge < -0.3 is 21.1 Å². The highest BCUT2D eigenvalue weighted by atomic mass is 16.3. The molecule has 1 saturated carbocycles. The lowest BCUT2D eigenvalue weighted by Crippen LogP contribution is -2.40. The summed E-state index contributed by atoms with van der Waals surface area (Å²) in [5, 5.41) is 12.7. The lowest BCUT2D eigenvalue weighted by molar-refractivity contribution is -0.133. The quantitative estimate of drug-likeness (QED) is 0.647. The van der Waals surface area contributed by atoms with E-state index in [-0.39, 0.29) is 23.6 Å². The molecule has 0 atom stereocenters. The molecule has 1 aromatic heterocycles. The molecule has 154 valence electrons. The number of amides is 2. The van der Waals surface area contributed by atoms with Crippen LogP contribution in [0.25, 0.3) is 0 Å². The monoisotopic (exact) mass is 389 g/mol. The molecule has 8 heteroatoms. The molecule has 0 unspecified atom stereocenters. The Hall–Kier alpha value is -2.22. The Bertz CT molecular complexity index is 710. The summed E-state index contributed by atoms with van der Waals surface area (Å²) in [4.78, 5) is 34.7. The molecule has 1 aliphatic carbocycles. The Morgan fingerprint density at radius 3 is 2.57 bits per heavy atom. The van der Waals surface area contributed by atoms with Gasteiger partial charge in [0.1, 0.15) is 11.6 Å². The van der Waals surface area contributed by atoms with Crippen LogP contribution in [0.3, 0.4) is 0 Å². The predicted octanol–water partition coefficient (Wildman–Crippen LogP) is 1.34. The molecule has 3 rings (SSSR count). The SMILES string of the molecule is CC(C)CC(=O)N1CCC(Cc2ncc(C(N)=O)c(NC3CC(O)C3)n2)CC1. The van der Waals surface area contributed by atoms with Crippen molar-refractivity contribution in [2.75, 3.05) is 18.4 Å². The second-order valence-corrected chi connectivity index (χ2v) is 8.51. The highest BCUT2D eigenvalue weighted by Crippen LogP contribution is 2.26. The molecular weight excluding hydrogens is 358 g/mol. The number of carbonyl (C=O) groups is 2. The molecule has 0 radical (unpaired) electrons. The first-order valence-electron chi connectivity index (χ1n) is 10.2. The summed E-state index contributed by atoms with van der Waals surface area (Å²) in [6.45, 7) is 5.68. The fourth-order valence-electron chi connectivity index (χ4n) is 3.83. The van der Waals surface area contributed by atoms with E-state index in [2.05, 4.69) is 29.1 Å². The van der Waals surface area contributed by atoms with E-state index in [0.29, 0.717) is 49.2 Å². The highest BCUT2D eigenvalue weighted by molar-refractivity contribution is 5.97. The van der Waals surface area contributed by atoms with Crippen LogP contribution in [0.2, 0.25) is 0 Å². The largest absolute Gasteiger partial charge is 0.393 e. The van der Waals surface area contributed by atoms with Gasteiger partial charge in [0.2, 0.25) is 5.91 Å². The summed E-state index contributed by atoms with van der Waals surface area (Å²) in [5.74, 6) is 1.61. The van der Waals surface area contributed by atoms with Crippen molar-refractivity contribution >= 4 is 17.6 Å². The summed E-state index contributed by atoms with van der Waals surface area (Å²) < 4.78 is 0. The predicted molar refractivity (Wildman–Crippen MR) is 106 cm³/mol. The van der Waals surface area contributed by atoms with Crippen molar-refractivity contribution in [1.29, 1.82) is 0 Å². The number of nitrogens with zero attached hydrogens (tertiary/aromatic N) is 3. The molecule has 2 fully saturated rings. The summed E-state index contributed by atoms with van der Waals surface area (Å²) in [5.41, 5.74) is 5.72. The normalized spacial score (nSPS) is 22.8. The maximum absolute atomic E-state index is 12.2. The van der Waals surface area contributed by atoms with Crippen molar-refractivity contribution in [2.24, 2.45) is 17.6 Å². The third-order valence-corrected chi connectivity index (χ3v) is 5.58. The molecule has 2 aliphatic rings. The highest BCUT2D eigenvalue weighted by Gasteiger charge is 2.29. The summed E-state index contributed by atoms with van der Waals surface area (Å²) >= 11 is 0. The van der Waals surface area contributed by atoms with Gasteiger partial charge in [0, 0.05) is 38.2 Å². The van der Waals surface area contributed by atoms with Crippen molar-refractivity contribution in [3.05, 3.63) is 17.6 Å². The number of hydrogen-bond acceptors (Lipinski definition) is 6. The number of rotatable bonds is 7. The van der Waals surface area contributed by atoms with Gasteiger partial charge in [0.05, 0.1) is 11.7 Å². The van der Waals surface area contributed by atoms with Gasteiger partial charge in [-0.3, -0.25) is 9.59 Å². The molecule has 2 amide bonds. The number of aromatic nitrogens is 2. The molecule has 28 heavy (non-hydrogen) atoms. The zero-order valence-electron chi connectivity index (χ0n) is 16.7. The van der Waals surface area contributed by atoms with Gasteiger partial charge in [-0.25, -0.2) is 9.97 Å².